The van der Waals surface area contributed by atoms with Crippen molar-refractivity contribution in [2.24, 2.45) is 0 Å². The van der Waals surface area contributed by atoms with Crippen molar-refractivity contribution in [3.63, 3.8) is 0 Å². The van der Waals surface area contributed by atoms with Gasteiger partial charge in [-0.2, -0.15) is 0 Å². The summed E-state index contributed by atoms with van der Waals surface area (Å²) in [6.07, 6.45) is -0.511. The highest BCUT2D eigenvalue weighted by molar-refractivity contribution is 5.99. The van der Waals surface area contributed by atoms with E-state index < -0.39 is 29.7 Å². The lowest BCUT2D eigenvalue weighted by molar-refractivity contribution is -0.136. The fraction of sp³-hybridized carbons (Fsp3) is 0.440. The first-order valence-corrected chi connectivity index (χ1v) is 12.1. The van der Waals surface area contributed by atoms with Crippen LogP contribution in [-0.2, 0) is 16.0 Å². The number of carboxylic acid groups (broad SMARTS) is 2. The fourth-order valence-corrected chi connectivity index (χ4v) is 3.86. The Morgan fingerprint density at radius 2 is 1.32 bits per heavy atom. The summed E-state index contributed by atoms with van der Waals surface area (Å²) in [6.45, 7) is 4.03. The van der Waals surface area contributed by atoms with E-state index in [-0.39, 0.29) is 75.6 Å². The van der Waals surface area contributed by atoms with Gasteiger partial charge >= 0.3 is 24.1 Å². The van der Waals surface area contributed by atoms with Gasteiger partial charge in [-0.25, -0.2) is 9.59 Å². The maximum absolute atomic E-state index is 12.7. The smallest absolute Gasteiger partial charge is 0.412 e. The zero-order valence-electron chi connectivity index (χ0n) is 22.0. The zero-order chi connectivity index (χ0) is 27.7. The number of hydrogen-bond acceptors (Lipinski definition) is 9. The highest BCUT2D eigenvalue weighted by Gasteiger charge is 2.34. The fourth-order valence-electron chi connectivity index (χ4n) is 3.86. The van der Waals surface area contributed by atoms with Crippen LogP contribution in [0.3, 0.4) is 0 Å². The van der Waals surface area contributed by atoms with E-state index in [1.165, 1.54) is 0 Å². The number of rotatable bonds is 12. The molecule has 0 aromatic heterocycles. The maximum atomic E-state index is 12.7. The van der Waals surface area contributed by atoms with E-state index in [9.17, 15) is 19.2 Å². The Morgan fingerprint density at radius 1 is 0.825 bits per heavy atom. The molecule has 40 heavy (non-hydrogen) atoms. The second-order valence-electron chi connectivity index (χ2n) is 9.15. The lowest BCUT2D eigenvalue weighted by Gasteiger charge is -2.34. The van der Waals surface area contributed by atoms with Crippen LogP contribution < -0.4 is 35.5 Å². The van der Waals surface area contributed by atoms with Crippen LogP contribution in [0, 0.1) is 0 Å². The van der Waals surface area contributed by atoms with E-state index >= 15 is 0 Å². The number of carbonyl (C=O) groups is 4. The van der Waals surface area contributed by atoms with Crippen molar-refractivity contribution in [2.75, 3.05) is 39.3 Å². The minimum atomic E-state index is -1.02. The van der Waals surface area contributed by atoms with Crippen LogP contribution in [0.1, 0.15) is 25.8 Å². The molecule has 3 rings (SSSR count). The Hall–Kier alpha value is -3.52. The lowest BCUT2D eigenvalue weighted by atomic mass is 9.91. The van der Waals surface area contributed by atoms with Gasteiger partial charge in [-0.3, -0.25) is 9.59 Å². The number of benzene rings is 2. The Morgan fingerprint density at radius 3 is 1.85 bits per heavy atom. The maximum Gasteiger partial charge on any atom is 0.412 e. The Balaban J connectivity index is 0.00000400. The number of hydrogen-bond donors (Lipinski definition) is 6. The molecule has 0 saturated heterocycles. The summed E-state index contributed by atoms with van der Waals surface area (Å²) in [7, 11) is 0. The molecule has 13 nitrogen and oxygen atoms in total. The number of amides is 2. The monoisotopic (exact) mass is 604 g/mol. The second kappa shape index (κ2) is 15.9. The molecule has 1 aliphatic heterocycles. The molecule has 0 bridgehead atoms. The standard InChI is InChI=1S/C25H32N4O9.2ClH/c1-25(2)8-7-17-20(38-25)15-5-3-4-6-16(15)21(36-23(34)28-11-9-26-13-18(30)31)22(17)37-24(35)29-12-10-27-14-19(32)33;;/h3-6,26-27H,7-14H2,1-2H3,(H,28,34)(H,29,35)(H,30,31)(H,32,33);2*1H. The average molecular weight is 605 g/mol. The predicted molar refractivity (Wildman–Crippen MR) is 151 cm³/mol. The van der Waals surface area contributed by atoms with E-state index in [0.717, 1.165) is 0 Å². The summed E-state index contributed by atoms with van der Waals surface area (Å²) in [5.74, 6) is -1.41. The van der Waals surface area contributed by atoms with Gasteiger partial charge in [0, 0.05) is 42.5 Å². The Labute approximate surface area is 243 Å². The molecule has 0 saturated carbocycles. The first kappa shape index (κ1) is 34.5. The summed E-state index contributed by atoms with van der Waals surface area (Å²) >= 11 is 0. The number of nitrogens with one attached hydrogen (secondary N) is 4. The van der Waals surface area contributed by atoms with Gasteiger partial charge in [0.25, 0.3) is 0 Å². The van der Waals surface area contributed by atoms with Gasteiger partial charge < -0.3 is 45.7 Å². The molecule has 2 aromatic carbocycles. The first-order valence-electron chi connectivity index (χ1n) is 12.1. The minimum Gasteiger partial charge on any atom is -0.487 e. The van der Waals surface area contributed by atoms with Gasteiger partial charge in [0.2, 0.25) is 0 Å². The van der Waals surface area contributed by atoms with Crippen molar-refractivity contribution in [1.29, 1.82) is 0 Å². The van der Waals surface area contributed by atoms with Crippen LogP contribution in [0.2, 0.25) is 0 Å². The molecule has 0 atom stereocenters. The molecule has 6 N–H and O–H groups in total. The lowest BCUT2D eigenvalue weighted by Crippen LogP contribution is -2.37. The van der Waals surface area contributed by atoms with Gasteiger partial charge in [-0.1, -0.05) is 24.3 Å². The molecule has 222 valence electrons. The van der Waals surface area contributed by atoms with Crippen LogP contribution >= 0.6 is 24.8 Å². The molecule has 0 fully saturated rings. The summed E-state index contributed by atoms with van der Waals surface area (Å²) in [4.78, 5) is 46.5. The average Bonchev–Trinajstić information content (AvgIpc) is 2.84. The minimum absolute atomic E-state index is 0. The predicted octanol–water partition coefficient (Wildman–Crippen LogP) is 2.31. The summed E-state index contributed by atoms with van der Waals surface area (Å²) in [5.41, 5.74) is 0.112. The number of halogens is 2. The number of carboxylic acids is 2. The summed E-state index contributed by atoms with van der Waals surface area (Å²) < 4.78 is 17.6. The molecule has 0 unspecified atom stereocenters. The zero-order valence-corrected chi connectivity index (χ0v) is 23.7. The molecule has 2 amide bonds. The number of fused-ring (bicyclic) bond motifs is 3. The summed E-state index contributed by atoms with van der Waals surface area (Å²) in [5, 5.41) is 29.0. The van der Waals surface area contributed by atoms with Crippen LogP contribution in [0.15, 0.2) is 24.3 Å². The van der Waals surface area contributed by atoms with Crippen LogP contribution in [-0.4, -0.2) is 79.2 Å². The van der Waals surface area contributed by atoms with Gasteiger partial charge in [0.1, 0.15) is 11.4 Å². The topological polar surface area (TPSA) is 185 Å². The first-order chi connectivity index (χ1) is 18.1. The van der Waals surface area contributed by atoms with E-state index in [1.54, 1.807) is 12.1 Å². The highest BCUT2D eigenvalue weighted by Crippen LogP contribution is 2.50. The van der Waals surface area contributed by atoms with Crippen molar-refractivity contribution in [3.05, 3.63) is 29.8 Å². The number of aliphatic carboxylic acids is 2. The van der Waals surface area contributed by atoms with Gasteiger partial charge in [-0.05, 0) is 26.7 Å². The van der Waals surface area contributed by atoms with Gasteiger partial charge in [-0.15, -0.1) is 24.8 Å². The molecule has 0 spiro atoms. The summed E-state index contributed by atoms with van der Waals surface area (Å²) in [6, 6.07) is 7.12. The van der Waals surface area contributed by atoms with E-state index in [4.69, 9.17) is 24.4 Å². The van der Waals surface area contributed by atoms with E-state index in [0.29, 0.717) is 34.9 Å². The molecular formula is C25H34Cl2N4O9. The normalized spacial score (nSPS) is 12.9. The van der Waals surface area contributed by atoms with E-state index in [1.807, 2.05) is 26.0 Å². The van der Waals surface area contributed by atoms with Crippen LogP contribution in [0.5, 0.6) is 17.2 Å². The molecule has 1 heterocycles. The highest BCUT2D eigenvalue weighted by atomic mass is 35.5. The van der Waals surface area contributed by atoms with Crippen molar-refractivity contribution >= 4 is 59.7 Å². The molecule has 2 aromatic rings. The third-order valence-corrected chi connectivity index (χ3v) is 5.61. The van der Waals surface area contributed by atoms with Crippen molar-refractivity contribution in [2.45, 2.75) is 32.3 Å². The van der Waals surface area contributed by atoms with Gasteiger partial charge in [0.05, 0.1) is 13.1 Å². The largest absolute Gasteiger partial charge is 0.487 e. The molecular weight excluding hydrogens is 571 g/mol. The molecule has 15 heteroatoms. The van der Waals surface area contributed by atoms with Crippen LogP contribution in [0.25, 0.3) is 10.8 Å². The number of ether oxygens (including phenoxy) is 3. The van der Waals surface area contributed by atoms with Crippen molar-refractivity contribution in [3.8, 4) is 17.2 Å². The third kappa shape index (κ3) is 9.90. The van der Waals surface area contributed by atoms with Crippen molar-refractivity contribution in [1.82, 2.24) is 21.3 Å². The third-order valence-electron chi connectivity index (χ3n) is 5.61. The van der Waals surface area contributed by atoms with Crippen LogP contribution in [0.4, 0.5) is 9.59 Å². The molecule has 0 radical (unpaired) electrons. The molecule has 0 aliphatic carbocycles. The quantitative estimate of drug-likeness (QED) is 0.195. The van der Waals surface area contributed by atoms with Gasteiger partial charge in [0.15, 0.2) is 11.5 Å². The Bertz CT molecular complexity index is 1210. The Kier molecular flexibility index (Phi) is 13.7. The SMILES string of the molecule is CC1(C)CCc2c(OC(=O)NCCNCC(=O)O)c(OC(=O)NCCNCC(=O)O)c3ccccc3c2O1.Cl.Cl. The second-order valence-corrected chi connectivity index (χ2v) is 9.15. The number of carbonyl (C=O) groups excluding carboxylic acids is 2. The molecule has 1 aliphatic rings. The van der Waals surface area contributed by atoms with Crippen molar-refractivity contribution < 1.29 is 43.6 Å². The van der Waals surface area contributed by atoms with E-state index in [2.05, 4.69) is 21.3 Å².